The molecule has 2 aromatic rings. The number of nitrogens with two attached hydrogens (primary N) is 1. The van der Waals surface area contributed by atoms with Crippen LogP contribution in [-0.4, -0.2) is 10.9 Å². The van der Waals surface area contributed by atoms with Crippen LogP contribution < -0.4 is 11.1 Å². The van der Waals surface area contributed by atoms with Crippen LogP contribution in [0.1, 0.15) is 20.2 Å². The van der Waals surface area contributed by atoms with Gasteiger partial charge in [-0.05, 0) is 13.0 Å². The number of halogens is 2. The predicted molar refractivity (Wildman–Crippen MR) is 68.8 cm³/mol. The zero-order chi connectivity index (χ0) is 14.0. The average Bonchev–Trinajstić information content (AvgIpc) is 2.77. The zero-order valence-corrected chi connectivity index (χ0v) is 10.9. The van der Waals surface area contributed by atoms with Gasteiger partial charge < -0.3 is 11.1 Å². The highest BCUT2D eigenvalue weighted by atomic mass is 32.1. The van der Waals surface area contributed by atoms with E-state index in [1.165, 1.54) is 11.3 Å². The zero-order valence-electron chi connectivity index (χ0n) is 10.0. The number of amides is 1. The van der Waals surface area contributed by atoms with Gasteiger partial charge >= 0.3 is 0 Å². The molecule has 0 aliphatic carbocycles. The summed E-state index contributed by atoms with van der Waals surface area (Å²) in [6, 6.07) is 1.57. The summed E-state index contributed by atoms with van der Waals surface area (Å²) >= 11 is 1.44. The van der Waals surface area contributed by atoms with E-state index < -0.39 is 17.5 Å². The molecule has 0 saturated carbocycles. The summed E-state index contributed by atoms with van der Waals surface area (Å²) in [5.74, 6) is -2.75. The monoisotopic (exact) mass is 283 g/mol. The van der Waals surface area contributed by atoms with E-state index in [0.717, 1.165) is 22.0 Å². The predicted octanol–water partition coefficient (Wildman–Crippen LogP) is 2.24. The lowest BCUT2D eigenvalue weighted by Gasteiger charge is -2.07. The molecule has 0 radical (unpaired) electrons. The van der Waals surface area contributed by atoms with Crippen LogP contribution >= 0.6 is 11.3 Å². The highest BCUT2D eigenvalue weighted by Gasteiger charge is 2.14. The molecule has 0 aliphatic rings. The van der Waals surface area contributed by atoms with Crippen LogP contribution in [0.25, 0.3) is 0 Å². The maximum Gasteiger partial charge on any atom is 0.253 e. The molecule has 1 heterocycles. The summed E-state index contributed by atoms with van der Waals surface area (Å²) in [6.07, 6.45) is 1.69. The fourth-order valence-corrected chi connectivity index (χ4v) is 2.22. The number of carbonyl (C=O) groups is 1. The SMILES string of the molecule is Cc1cnc(CNC(=O)c2cc(F)c(F)cc2N)s1. The minimum absolute atomic E-state index is 0.0906. The second-order valence-electron chi connectivity index (χ2n) is 3.90. The van der Waals surface area contributed by atoms with Crippen LogP contribution in [0.4, 0.5) is 14.5 Å². The van der Waals surface area contributed by atoms with Gasteiger partial charge in [-0.15, -0.1) is 11.3 Å². The summed E-state index contributed by atoms with van der Waals surface area (Å²) in [6.45, 7) is 2.12. The standard InChI is InChI=1S/C12H11F2N3OS/c1-6-4-16-11(19-6)5-17-12(18)7-2-8(13)9(14)3-10(7)15/h2-4H,5,15H2,1H3,(H,17,18). The molecule has 100 valence electrons. The summed E-state index contributed by atoms with van der Waals surface area (Å²) in [7, 11) is 0. The number of carbonyl (C=O) groups excluding carboxylic acids is 1. The van der Waals surface area contributed by atoms with E-state index in [1.54, 1.807) is 6.20 Å². The summed E-state index contributed by atoms with van der Waals surface area (Å²) < 4.78 is 25.9. The lowest BCUT2D eigenvalue weighted by molar-refractivity contribution is 0.0951. The molecule has 0 unspecified atom stereocenters. The number of hydrogen-bond donors (Lipinski definition) is 2. The maximum absolute atomic E-state index is 13.1. The number of nitrogen functional groups attached to an aromatic ring is 1. The van der Waals surface area contributed by atoms with E-state index in [-0.39, 0.29) is 17.8 Å². The lowest BCUT2D eigenvalue weighted by Crippen LogP contribution is -2.24. The van der Waals surface area contributed by atoms with E-state index in [4.69, 9.17) is 5.73 Å². The fourth-order valence-electron chi connectivity index (χ4n) is 1.49. The number of anilines is 1. The number of nitrogens with zero attached hydrogens (tertiary/aromatic N) is 1. The smallest absolute Gasteiger partial charge is 0.253 e. The molecule has 0 saturated heterocycles. The average molecular weight is 283 g/mol. The maximum atomic E-state index is 13.1. The van der Waals surface area contributed by atoms with Gasteiger partial charge in [-0.25, -0.2) is 13.8 Å². The molecule has 3 N–H and O–H groups in total. The van der Waals surface area contributed by atoms with Crippen molar-refractivity contribution in [2.75, 3.05) is 5.73 Å². The minimum Gasteiger partial charge on any atom is -0.398 e. The van der Waals surface area contributed by atoms with Gasteiger partial charge in [-0.2, -0.15) is 0 Å². The number of aromatic nitrogens is 1. The van der Waals surface area contributed by atoms with Crippen LogP contribution in [0.2, 0.25) is 0 Å². The number of thiazole rings is 1. The number of aryl methyl sites for hydroxylation is 1. The summed E-state index contributed by atoms with van der Waals surface area (Å²) in [5.41, 5.74) is 5.29. The van der Waals surface area contributed by atoms with E-state index >= 15 is 0 Å². The molecular weight excluding hydrogens is 272 g/mol. The second kappa shape index (κ2) is 5.31. The van der Waals surface area contributed by atoms with Crippen molar-refractivity contribution < 1.29 is 13.6 Å². The highest BCUT2D eigenvalue weighted by Crippen LogP contribution is 2.17. The number of rotatable bonds is 3. The van der Waals surface area contributed by atoms with Crippen molar-refractivity contribution in [3.63, 3.8) is 0 Å². The highest BCUT2D eigenvalue weighted by molar-refractivity contribution is 7.11. The Bertz CT molecular complexity index is 627. The van der Waals surface area contributed by atoms with Gasteiger partial charge in [-0.3, -0.25) is 4.79 Å². The Morgan fingerprint density at radius 2 is 2.11 bits per heavy atom. The van der Waals surface area contributed by atoms with E-state index in [1.807, 2.05) is 6.92 Å². The van der Waals surface area contributed by atoms with Crippen molar-refractivity contribution in [3.8, 4) is 0 Å². The van der Waals surface area contributed by atoms with Gasteiger partial charge in [0.05, 0.1) is 12.1 Å². The van der Waals surface area contributed by atoms with Crippen LogP contribution in [0.15, 0.2) is 18.3 Å². The first kappa shape index (κ1) is 13.4. The molecule has 1 aromatic heterocycles. The van der Waals surface area contributed by atoms with Crippen LogP contribution in [-0.2, 0) is 6.54 Å². The third-order valence-corrected chi connectivity index (χ3v) is 3.32. The van der Waals surface area contributed by atoms with Gasteiger partial charge in [0.15, 0.2) is 11.6 Å². The number of hydrogen-bond acceptors (Lipinski definition) is 4. The molecule has 7 heteroatoms. The summed E-state index contributed by atoms with van der Waals surface area (Å²) in [5, 5.41) is 3.28. The van der Waals surface area contributed by atoms with Crippen LogP contribution in [0.5, 0.6) is 0 Å². The first-order valence-corrected chi connectivity index (χ1v) is 6.23. The Balaban J connectivity index is 2.10. The quantitative estimate of drug-likeness (QED) is 0.849. The van der Waals surface area contributed by atoms with Gasteiger partial charge in [0.25, 0.3) is 5.91 Å². The molecule has 1 amide bonds. The van der Waals surface area contributed by atoms with Crippen LogP contribution in [0, 0.1) is 18.6 Å². The van der Waals surface area contributed by atoms with Crippen molar-refractivity contribution >= 4 is 22.9 Å². The first-order valence-electron chi connectivity index (χ1n) is 5.41. The van der Waals surface area contributed by atoms with Crippen molar-refractivity contribution in [1.29, 1.82) is 0 Å². The normalized spacial score (nSPS) is 10.5. The topological polar surface area (TPSA) is 68.0 Å². The van der Waals surface area contributed by atoms with Crippen molar-refractivity contribution in [1.82, 2.24) is 10.3 Å². The molecule has 0 aliphatic heterocycles. The third kappa shape index (κ3) is 3.05. The minimum atomic E-state index is -1.11. The molecule has 2 rings (SSSR count). The Hall–Kier alpha value is -2.02. The molecule has 1 aromatic carbocycles. The first-order chi connectivity index (χ1) is 8.97. The van der Waals surface area contributed by atoms with E-state index in [9.17, 15) is 13.6 Å². The van der Waals surface area contributed by atoms with Gasteiger partial charge in [0.2, 0.25) is 0 Å². The molecule has 4 nitrogen and oxygen atoms in total. The van der Waals surface area contributed by atoms with Gasteiger partial charge in [0, 0.05) is 22.8 Å². The molecule has 0 spiro atoms. The molecular formula is C12H11F2N3OS. The van der Waals surface area contributed by atoms with E-state index in [2.05, 4.69) is 10.3 Å². The molecule has 19 heavy (non-hydrogen) atoms. The largest absolute Gasteiger partial charge is 0.398 e. The Morgan fingerprint density at radius 1 is 1.42 bits per heavy atom. The Labute approximate surface area is 112 Å². The van der Waals surface area contributed by atoms with Crippen molar-refractivity contribution in [2.24, 2.45) is 0 Å². The number of benzene rings is 1. The third-order valence-electron chi connectivity index (χ3n) is 2.41. The second-order valence-corrected chi connectivity index (χ2v) is 5.22. The summed E-state index contributed by atoms with van der Waals surface area (Å²) in [4.78, 5) is 16.9. The molecule has 0 fully saturated rings. The van der Waals surface area contributed by atoms with Crippen LogP contribution in [0.3, 0.4) is 0 Å². The Morgan fingerprint density at radius 3 is 2.74 bits per heavy atom. The fraction of sp³-hybridized carbons (Fsp3) is 0.167. The van der Waals surface area contributed by atoms with Crippen molar-refractivity contribution in [3.05, 3.63) is 45.4 Å². The lowest BCUT2D eigenvalue weighted by atomic mass is 10.1. The van der Waals surface area contributed by atoms with Gasteiger partial charge in [-0.1, -0.05) is 0 Å². The molecule has 0 atom stereocenters. The van der Waals surface area contributed by atoms with E-state index in [0.29, 0.717) is 0 Å². The molecule has 0 bridgehead atoms. The Kier molecular flexibility index (Phi) is 3.75. The number of nitrogens with one attached hydrogen (secondary N) is 1. The van der Waals surface area contributed by atoms with Crippen molar-refractivity contribution in [2.45, 2.75) is 13.5 Å². The van der Waals surface area contributed by atoms with Gasteiger partial charge in [0.1, 0.15) is 5.01 Å².